The van der Waals surface area contributed by atoms with Crippen molar-refractivity contribution in [3.63, 3.8) is 0 Å². The number of piperidine rings is 1. The van der Waals surface area contributed by atoms with Gasteiger partial charge in [0.15, 0.2) is 0 Å². The van der Waals surface area contributed by atoms with E-state index >= 15 is 0 Å². The molecule has 2 rings (SSSR count). The fourth-order valence-electron chi connectivity index (χ4n) is 2.76. The minimum Gasteiger partial charge on any atom is -0.381 e. The van der Waals surface area contributed by atoms with Crippen LogP contribution in [0.2, 0.25) is 0 Å². The van der Waals surface area contributed by atoms with Gasteiger partial charge in [-0.25, -0.2) is 4.39 Å². The molecule has 2 unspecified atom stereocenters. The number of carbonyl (C=O) groups excluding carboxylic acids is 1. The van der Waals surface area contributed by atoms with Gasteiger partial charge in [-0.1, -0.05) is 6.07 Å². The Hall–Kier alpha value is -1.66. The molecule has 1 aliphatic rings. The molecule has 110 valence electrons. The van der Waals surface area contributed by atoms with Crippen LogP contribution in [0.1, 0.15) is 23.2 Å². The number of anilines is 1. The number of carbonyl (C=O) groups is 1. The van der Waals surface area contributed by atoms with E-state index in [9.17, 15) is 9.18 Å². The van der Waals surface area contributed by atoms with E-state index in [4.69, 9.17) is 16.2 Å². The number of ether oxygens (including phenoxy) is 1. The average molecular weight is 281 g/mol. The van der Waals surface area contributed by atoms with Gasteiger partial charge in [0.1, 0.15) is 5.82 Å². The van der Waals surface area contributed by atoms with Crippen LogP contribution in [0.3, 0.4) is 0 Å². The molecular formula is C14H20FN3O2. The zero-order chi connectivity index (χ0) is 14.7. The van der Waals surface area contributed by atoms with Gasteiger partial charge in [0.2, 0.25) is 0 Å². The Balaban J connectivity index is 2.35. The van der Waals surface area contributed by atoms with Gasteiger partial charge in [-0.15, -0.1) is 0 Å². The second-order valence-electron chi connectivity index (χ2n) is 4.96. The van der Waals surface area contributed by atoms with Gasteiger partial charge in [-0.2, -0.15) is 0 Å². The lowest BCUT2D eigenvalue weighted by atomic mass is 9.97. The second-order valence-corrected chi connectivity index (χ2v) is 4.96. The number of primary amides is 1. The first kappa shape index (κ1) is 14.7. The standard InChI is InChI=1S/C14H20FN3O2/c1-20-10-5-6-18(9(7-10)8-16)12-4-2-3-11(15)13(12)14(17)19/h2-4,9-10H,5-8,16H2,1H3,(H2,17,19). The van der Waals surface area contributed by atoms with Gasteiger partial charge < -0.3 is 21.1 Å². The molecule has 1 amide bonds. The molecule has 0 bridgehead atoms. The van der Waals surface area contributed by atoms with E-state index in [0.717, 1.165) is 12.8 Å². The van der Waals surface area contributed by atoms with Gasteiger partial charge >= 0.3 is 0 Å². The van der Waals surface area contributed by atoms with E-state index in [0.29, 0.717) is 18.8 Å². The predicted molar refractivity (Wildman–Crippen MR) is 75.1 cm³/mol. The van der Waals surface area contributed by atoms with E-state index in [1.54, 1.807) is 19.2 Å². The number of hydrogen-bond acceptors (Lipinski definition) is 4. The van der Waals surface area contributed by atoms with Gasteiger partial charge in [0, 0.05) is 26.2 Å². The van der Waals surface area contributed by atoms with E-state index in [2.05, 4.69) is 0 Å². The average Bonchev–Trinajstić information content (AvgIpc) is 2.45. The summed E-state index contributed by atoms with van der Waals surface area (Å²) in [5.41, 5.74) is 11.6. The molecule has 1 heterocycles. The van der Waals surface area contributed by atoms with E-state index in [-0.39, 0.29) is 17.7 Å². The normalized spacial score (nSPS) is 22.9. The molecule has 6 heteroatoms. The number of methoxy groups -OCH3 is 1. The molecule has 0 saturated carbocycles. The number of nitrogens with two attached hydrogens (primary N) is 2. The molecular weight excluding hydrogens is 261 g/mol. The molecule has 1 aromatic rings. The van der Waals surface area contributed by atoms with E-state index < -0.39 is 11.7 Å². The smallest absolute Gasteiger partial charge is 0.253 e. The monoisotopic (exact) mass is 281 g/mol. The molecule has 1 aromatic carbocycles. The van der Waals surface area contributed by atoms with Crippen molar-refractivity contribution in [2.45, 2.75) is 25.0 Å². The van der Waals surface area contributed by atoms with Crippen LogP contribution in [0.4, 0.5) is 10.1 Å². The van der Waals surface area contributed by atoms with Gasteiger partial charge in [0.05, 0.1) is 17.4 Å². The van der Waals surface area contributed by atoms with Crippen molar-refractivity contribution in [1.82, 2.24) is 0 Å². The predicted octanol–water partition coefficient (Wildman–Crippen LogP) is 0.867. The zero-order valence-electron chi connectivity index (χ0n) is 11.5. The third-order valence-electron chi connectivity index (χ3n) is 3.82. The summed E-state index contributed by atoms with van der Waals surface area (Å²) in [7, 11) is 1.67. The van der Waals surface area contributed by atoms with Gasteiger partial charge in [-0.3, -0.25) is 4.79 Å². The van der Waals surface area contributed by atoms with Crippen LogP contribution in [0.5, 0.6) is 0 Å². The maximum atomic E-state index is 13.8. The molecule has 4 N–H and O–H groups in total. The summed E-state index contributed by atoms with van der Waals surface area (Å²) in [5, 5.41) is 0. The van der Waals surface area contributed by atoms with Crippen LogP contribution in [0.25, 0.3) is 0 Å². The Morgan fingerprint density at radius 3 is 2.90 bits per heavy atom. The highest BCUT2D eigenvalue weighted by Gasteiger charge is 2.30. The highest BCUT2D eigenvalue weighted by atomic mass is 19.1. The van der Waals surface area contributed by atoms with Crippen LogP contribution in [-0.4, -0.2) is 38.3 Å². The van der Waals surface area contributed by atoms with Crippen LogP contribution in [-0.2, 0) is 4.74 Å². The molecule has 2 atom stereocenters. The maximum Gasteiger partial charge on any atom is 0.253 e. The van der Waals surface area contributed by atoms with Crippen molar-refractivity contribution in [3.8, 4) is 0 Å². The summed E-state index contributed by atoms with van der Waals surface area (Å²) in [5.74, 6) is -1.36. The molecule has 5 nitrogen and oxygen atoms in total. The summed E-state index contributed by atoms with van der Waals surface area (Å²) in [4.78, 5) is 13.5. The molecule has 0 radical (unpaired) electrons. The summed E-state index contributed by atoms with van der Waals surface area (Å²) >= 11 is 0. The third kappa shape index (κ3) is 2.76. The van der Waals surface area contributed by atoms with Crippen molar-refractivity contribution >= 4 is 11.6 Å². The first-order chi connectivity index (χ1) is 9.58. The van der Waals surface area contributed by atoms with Crippen molar-refractivity contribution in [3.05, 3.63) is 29.6 Å². The first-order valence-corrected chi connectivity index (χ1v) is 6.66. The SMILES string of the molecule is COC1CCN(c2cccc(F)c2C(N)=O)C(CN)C1. The second kappa shape index (κ2) is 6.19. The van der Waals surface area contributed by atoms with Gasteiger partial charge in [-0.05, 0) is 25.0 Å². The Labute approximate surface area is 117 Å². The molecule has 0 aliphatic carbocycles. The highest BCUT2D eigenvalue weighted by Crippen LogP contribution is 2.29. The lowest BCUT2D eigenvalue weighted by Gasteiger charge is -2.40. The third-order valence-corrected chi connectivity index (χ3v) is 3.82. The molecule has 1 fully saturated rings. The quantitative estimate of drug-likeness (QED) is 0.858. The fraction of sp³-hybridized carbons (Fsp3) is 0.500. The van der Waals surface area contributed by atoms with Crippen molar-refractivity contribution in [1.29, 1.82) is 0 Å². The zero-order valence-corrected chi connectivity index (χ0v) is 11.5. The van der Waals surface area contributed by atoms with E-state index in [1.807, 2.05) is 4.90 Å². The summed E-state index contributed by atoms with van der Waals surface area (Å²) in [6.45, 7) is 1.07. The summed E-state index contributed by atoms with van der Waals surface area (Å²) in [6.07, 6.45) is 1.70. The number of hydrogen-bond donors (Lipinski definition) is 2. The number of benzene rings is 1. The Morgan fingerprint density at radius 2 is 2.30 bits per heavy atom. The number of amides is 1. The minimum atomic E-state index is -0.761. The lowest BCUT2D eigenvalue weighted by Crippen LogP contribution is -2.49. The molecule has 20 heavy (non-hydrogen) atoms. The largest absolute Gasteiger partial charge is 0.381 e. The summed E-state index contributed by atoms with van der Waals surface area (Å²) in [6, 6.07) is 4.53. The van der Waals surface area contributed by atoms with Crippen LogP contribution < -0.4 is 16.4 Å². The molecule has 0 aromatic heterocycles. The topological polar surface area (TPSA) is 81.6 Å². The van der Waals surface area contributed by atoms with Crippen molar-refractivity contribution in [2.75, 3.05) is 25.1 Å². The van der Waals surface area contributed by atoms with Crippen molar-refractivity contribution < 1.29 is 13.9 Å². The molecule has 1 aliphatic heterocycles. The first-order valence-electron chi connectivity index (χ1n) is 6.66. The lowest BCUT2D eigenvalue weighted by molar-refractivity contribution is 0.0709. The van der Waals surface area contributed by atoms with Gasteiger partial charge in [0.25, 0.3) is 5.91 Å². The molecule has 0 spiro atoms. The Morgan fingerprint density at radius 1 is 1.55 bits per heavy atom. The Bertz CT molecular complexity index is 495. The maximum absolute atomic E-state index is 13.8. The fourth-order valence-corrected chi connectivity index (χ4v) is 2.76. The van der Waals surface area contributed by atoms with Crippen LogP contribution in [0, 0.1) is 5.82 Å². The van der Waals surface area contributed by atoms with Crippen molar-refractivity contribution in [2.24, 2.45) is 11.5 Å². The number of rotatable bonds is 4. The minimum absolute atomic E-state index is 0.00796. The Kier molecular flexibility index (Phi) is 4.57. The summed E-state index contributed by atoms with van der Waals surface area (Å²) < 4.78 is 19.2. The van der Waals surface area contributed by atoms with E-state index in [1.165, 1.54) is 6.07 Å². The van der Waals surface area contributed by atoms with Crippen LogP contribution in [0.15, 0.2) is 18.2 Å². The highest BCUT2D eigenvalue weighted by molar-refractivity contribution is 5.99. The number of halogens is 1. The molecule has 1 saturated heterocycles. The number of nitrogens with zero attached hydrogens (tertiary/aromatic N) is 1. The van der Waals surface area contributed by atoms with Crippen LogP contribution >= 0.6 is 0 Å².